The first-order valence-corrected chi connectivity index (χ1v) is 11.2. The quantitative estimate of drug-likeness (QED) is 0.765. The molecule has 0 aromatic carbocycles. The number of anilines is 2. The lowest BCUT2D eigenvalue weighted by molar-refractivity contribution is 0.335. The topological polar surface area (TPSA) is 78.4 Å². The Morgan fingerprint density at radius 3 is 2.68 bits per heavy atom. The normalized spacial score (nSPS) is 18.0. The Morgan fingerprint density at radius 1 is 1.25 bits per heavy atom. The Bertz CT molecular complexity index is 928. The predicted octanol–water partition coefficient (Wildman–Crippen LogP) is 3.56. The fourth-order valence-corrected chi connectivity index (χ4v) is 5.54. The van der Waals surface area contributed by atoms with Crippen molar-refractivity contribution < 1.29 is 8.42 Å². The maximum atomic E-state index is 13.1. The third-order valence-electron chi connectivity index (χ3n) is 5.12. The Kier molecular flexibility index (Phi) is 6.32. The summed E-state index contributed by atoms with van der Waals surface area (Å²) in [5.41, 5.74) is 3.55. The molecule has 1 atom stereocenters. The van der Waals surface area contributed by atoms with Gasteiger partial charge in [-0.3, -0.25) is 4.98 Å². The molecule has 2 aromatic heterocycles. The highest BCUT2D eigenvalue weighted by Crippen LogP contribution is 2.35. The third-order valence-corrected chi connectivity index (χ3v) is 7.32. The summed E-state index contributed by atoms with van der Waals surface area (Å²) in [6.45, 7) is 9.13. The van der Waals surface area contributed by atoms with E-state index in [2.05, 4.69) is 15.3 Å². The summed E-state index contributed by atoms with van der Waals surface area (Å²) in [7, 11) is -3.50. The molecule has 0 bridgehead atoms. The standard InChI is InChI=1S/C20H29N5O2S/c1-5-24(6-2)28(26,27)25-12-8-10-19(25)18-14-17(13-16(4)22-18)23-20-15(3)9-7-11-21-20/h7,9,11,13-14,19H,5-6,8,10,12H2,1-4H3,(H,21,22,23). The van der Waals surface area contributed by atoms with E-state index in [0.29, 0.717) is 19.6 Å². The molecule has 1 fully saturated rings. The molecule has 28 heavy (non-hydrogen) atoms. The summed E-state index contributed by atoms with van der Waals surface area (Å²) in [6.07, 6.45) is 3.36. The molecule has 152 valence electrons. The van der Waals surface area contributed by atoms with E-state index in [1.807, 2.05) is 52.0 Å². The average molecular weight is 404 g/mol. The first-order chi connectivity index (χ1) is 13.4. The zero-order valence-electron chi connectivity index (χ0n) is 17.0. The Hall–Kier alpha value is -2.03. The smallest absolute Gasteiger partial charge is 0.282 e. The van der Waals surface area contributed by atoms with Crippen LogP contribution in [-0.4, -0.2) is 46.6 Å². The highest BCUT2D eigenvalue weighted by atomic mass is 32.2. The SMILES string of the molecule is CCN(CC)S(=O)(=O)N1CCCC1c1cc(Nc2ncccc2C)cc(C)n1. The molecule has 0 radical (unpaired) electrons. The van der Waals surface area contributed by atoms with Crippen LogP contribution in [0, 0.1) is 13.8 Å². The van der Waals surface area contributed by atoms with Crippen LogP contribution in [0.3, 0.4) is 0 Å². The van der Waals surface area contributed by atoms with E-state index < -0.39 is 10.2 Å². The number of hydrogen-bond donors (Lipinski definition) is 1. The molecule has 1 aliphatic rings. The predicted molar refractivity (Wildman–Crippen MR) is 112 cm³/mol. The van der Waals surface area contributed by atoms with Gasteiger partial charge in [-0.15, -0.1) is 0 Å². The van der Waals surface area contributed by atoms with E-state index in [1.54, 1.807) is 10.5 Å². The largest absolute Gasteiger partial charge is 0.340 e. The van der Waals surface area contributed by atoms with Gasteiger partial charge < -0.3 is 5.32 Å². The first kappa shape index (κ1) is 20.7. The van der Waals surface area contributed by atoms with E-state index in [1.165, 1.54) is 4.31 Å². The monoisotopic (exact) mass is 403 g/mol. The molecule has 3 heterocycles. The Morgan fingerprint density at radius 2 is 2.00 bits per heavy atom. The summed E-state index contributed by atoms with van der Waals surface area (Å²) in [6, 6.07) is 7.56. The fourth-order valence-electron chi connectivity index (χ4n) is 3.70. The van der Waals surface area contributed by atoms with Crippen molar-refractivity contribution in [1.82, 2.24) is 18.6 Å². The average Bonchev–Trinajstić information content (AvgIpc) is 3.15. The molecule has 0 spiro atoms. The molecule has 0 amide bonds. The summed E-state index contributed by atoms with van der Waals surface area (Å²) < 4.78 is 29.3. The van der Waals surface area contributed by atoms with Crippen molar-refractivity contribution in [3.8, 4) is 0 Å². The van der Waals surface area contributed by atoms with E-state index in [4.69, 9.17) is 0 Å². The Balaban J connectivity index is 1.92. The van der Waals surface area contributed by atoms with Crippen LogP contribution in [0.15, 0.2) is 30.5 Å². The maximum absolute atomic E-state index is 13.1. The zero-order valence-corrected chi connectivity index (χ0v) is 17.8. The number of nitrogens with zero attached hydrogens (tertiary/aromatic N) is 4. The van der Waals surface area contributed by atoms with E-state index in [-0.39, 0.29) is 6.04 Å². The van der Waals surface area contributed by atoms with Gasteiger partial charge in [-0.2, -0.15) is 17.0 Å². The van der Waals surface area contributed by atoms with E-state index >= 15 is 0 Å². The molecule has 0 aliphatic carbocycles. The van der Waals surface area contributed by atoms with Gasteiger partial charge in [0.15, 0.2) is 0 Å². The molecule has 0 saturated carbocycles. The minimum atomic E-state index is -3.50. The lowest BCUT2D eigenvalue weighted by Crippen LogP contribution is -2.43. The van der Waals surface area contributed by atoms with Crippen LogP contribution in [-0.2, 0) is 10.2 Å². The van der Waals surface area contributed by atoms with Crippen LogP contribution >= 0.6 is 0 Å². The lowest BCUT2D eigenvalue weighted by Gasteiger charge is -2.29. The molecule has 1 aliphatic heterocycles. The van der Waals surface area contributed by atoms with E-state index in [9.17, 15) is 8.42 Å². The zero-order chi connectivity index (χ0) is 20.3. The van der Waals surface area contributed by atoms with Gasteiger partial charge in [0.1, 0.15) is 5.82 Å². The summed E-state index contributed by atoms with van der Waals surface area (Å²) >= 11 is 0. The third kappa shape index (κ3) is 4.19. The van der Waals surface area contributed by atoms with Crippen molar-refractivity contribution in [2.75, 3.05) is 25.0 Å². The molecule has 1 unspecified atom stereocenters. The number of pyridine rings is 2. The summed E-state index contributed by atoms with van der Waals surface area (Å²) in [4.78, 5) is 9.06. The van der Waals surface area contributed by atoms with Crippen LogP contribution in [0.1, 0.15) is 49.7 Å². The summed E-state index contributed by atoms with van der Waals surface area (Å²) in [5, 5.41) is 3.35. The van der Waals surface area contributed by atoms with Crippen molar-refractivity contribution in [1.29, 1.82) is 0 Å². The van der Waals surface area contributed by atoms with Gasteiger partial charge in [0, 0.05) is 37.2 Å². The highest BCUT2D eigenvalue weighted by molar-refractivity contribution is 7.86. The molecule has 1 N–H and O–H groups in total. The minimum Gasteiger partial charge on any atom is -0.340 e. The Labute approximate surface area is 168 Å². The molecular weight excluding hydrogens is 374 g/mol. The van der Waals surface area contributed by atoms with Crippen LogP contribution < -0.4 is 5.32 Å². The van der Waals surface area contributed by atoms with Gasteiger partial charge in [0.25, 0.3) is 10.2 Å². The minimum absolute atomic E-state index is 0.240. The van der Waals surface area contributed by atoms with Gasteiger partial charge in [-0.05, 0) is 50.5 Å². The number of nitrogens with one attached hydrogen (secondary N) is 1. The number of aryl methyl sites for hydroxylation is 2. The molecule has 8 heteroatoms. The second-order valence-electron chi connectivity index (χ2n) is 7.08. The second kappa shape index (κ2) is 8.55. The van der Waals surface area contributed by atoms with Gasteiger partial charge in [-0.1, -0.05) is 19.9 Å². The van der Waals surface area contributed by atoms with Crippen molar-refractivity contribution in [3.63, 3.8) is 0 Å². The molecular formula is C20H29N5O2S. The van der Waals surface area contributed by atoms with Crippen LogP contribution in [0.2, 0.25) is 0 Å². The molecule has 3 rings (SSSR count). The van der Waals surface area contributed by atoms with E-state index in [0.717, 1.165) is 41.3 Å². The van der Waals surface area contributed by atoms with Gasteiger partial charge >= 0.3 is 0 Å². The second-order valence-corrected chi connectivity index (χ2v) is 8.96. The van der Waals surface area contributed by atoms with Crippen molar-refractivity contribution >= 4 is 21.7 Å². The van der Waals surface area contributed by atoms with Crippen molar-refractivity contribution in [2.24, 2.45) is 0 Å². The first-order valence-electron chi connectivity index (χ1n) is 9.81. The summed E-state index contributed by atoms with van der Waals surface area (Å²) in [5.74, 6) is 0.790. The molecule has 1 saturated heterocycles. The highest BCUT2D eigenvalue weighted by Gasteiger charge is 2.38. The fraction of sp³-hybridized carbons (Fsp3) is 0.500. The van der Waals surface area contributed by atoms with Gasteiger partial charge in [-0.25, -0.2) is 4.98 Å². The number of hydrogen-bond acceptors (Lipinski definition) is 5. The van der Waals surface area contributed by atoms with Crippen LogP contribution in [0.5, 0.6) is 0 Å². The lowest BCUT2D eigenvalue weighted by atomic mass is 10.1. The maximum Gasteiger partial charge on any atom is 0.282 e. The van der Waals surface area contributed by atoms with Crippen LogP contribution in [0.25, 0.3) is 0 Å². The number of rotatable bonds is 7. The van der Waals surface area contributed by atoms with Gasteiger partial charge in [0.05, 0.1) is 11.7 Å². The number of aromatic nitrogens is 2. The van der Waals surface area contributed by atoms with Crippen molar-refractivity contribution in [2.45, 2.75) is 46.6 Å². The molecule has 7 nitrogen and oxygen atoms in total. The molecule has 2 aromatic rings. The van der Waals surface area contributed by atoms with Crippen LogP contribution in [0.4, 0.5) is 11.5 Å². The van der Waals surface area contributed by atoms with Crippen molar-refractivity contribution in [3.05, 3.63) is 47.4 Å². The van der Waals surface area contributed by atoms with Gasteiger partial charge in [0.2, 0.25) is 0 Å².